The zero-order chi connectivity index (χ0) is 26.5. The summed E-state index contributed by atoms with van der Waals surface area (Å²) < 4.78 is 41.9. The Morgan fingerprint density at radius 3 is 2.28 bits per heavy atom. The highest BCUT2D eigenvalue weighted by atomic mass is 19.4. The Balaban J connectivity index is 1.76. The van der Waals surface area contributed by atoms with Gasteiger partial charge in [-0.25, -0.2) is 4.79 Å². The summed E-state index contributed by atoms with van der Waals surface area (Å²) in [6.45, 7) is 1.77. The second kappa shape index (κ2) is 10.8. The molecule has 0 aliphatic carbocycles. The fraction of sp³-hybridized carbons (Fsp3) is 0.208. The topological polar surface area (TPSA) is 130 Å². The summed E-state index contributed by atoms with van der Waals surface area (Å²) in [6.07, 6.45) is -4.00. The summed E-state index contributed by atoms with van der Waals surface area (Å²) in [5, 5.41) is 24.1. The number of aromatic nitrogens is 1. The number of nitrogens with zero attached hydrogens (tertiary/aromatic N) is 1. The Morgan fingerprint density at radius 1 is 1.06 bits per heavy atom. The number of nitrogens with one attached hydrogen (secondary N) is 2. The van der Waals surface area contributed by atoms with Gasteiger partial charge in [0.2, 0.25) is 0 Å². The number of hydrogen-bond donors (Lipinski definition) is 4. The number of aromatic hydroxyl groups is 1. The zero-order valence-electron chi connectivity index (χ0n) is 18.9. The van der Waals surface area contributed by atoms with Gasteiger partial charge < -0.3 is 30.2 Å². The molecule has 2 aromatic carbocycles. The molecule has 4 N–H and O–H groups in total. The number of rotatable bonds is 8. The Hall–Kier alpha value is -4.48. The number of aliphatic carboxylic acids is 1. The highest BCUT2D eigenvalue weighted by Crippen LogP contribution is 2.24. The predicted molar refractivity (Wildman–Crippen MR) is 123 cm³/mol. The molecule has 0 bridgehead atoms. The van der Waals surface area contributed by atoms with Gasteiger partial charge in [-0.05, 0) is 36.2 Å². The monoisotopic (exact) mass is 505 g/mol. The van der Waals surface area contributed by atoms with E-state index >= 15 is 0 Å². The summed E-state index contributed by atoms with van der Waals surface area (Å²) in [4.78, 5) is 36.7. The summed E-state index contributed by atoms with van der Waals surface area (Å²) >= 11 is 0. The van der Waals surface area contributed by atoms with Crippen LogP contribution < -0.4 is 20.9 Å². The Kier molecular flexibility index (Phi) is 7.87. The molecule has 12 heteroatoms. The molecule has 9 nitrogen and oxygen atoms in total. The molecule has 190 valence electrons. The second-order valence-corrected chi connectivity index (χ2v) is 7.86. The quantitative estimate of drug-likeness (QED) is 0.364. The molecule has 1 aromatic heterocycles. The van der Waals surface area contributed by atoms with Gasteiger partial charge in [0.15, 0.2) is 5.69 Å². The lowest BCUT2D eigenvalue weighted by atomic mass is 10.0. The molecule has 0 aliphatic rings. The van der Waals surface area contributed by atoms with E-state index in [1.165, 1.54) is 18.3 Å². The lowest BCUT2D eigenvalue weighted by Gasteiger charge is -2.18. The molecule has 3 rings (SSSR count). The summed E-state index contributed by atoms with van der Waals surface area (Å²) in [5.41, 5.74) is 0.685. The van der Waals surface area contributed by atoms with Crippen LogP contribution >= 0.6 is 0 Å². The van der Waals surface area contributed by atoms with Crippen molar-refractivity contribution in [2.45, 2.75) is 32.3 Å². The molecule has 0 saturated carbocycles. The van der Waals surface area contributed by atoms with E-state index < -0.39 is 53.6 Å². The maximum Gasteiger partial charge on any atom is 0.573 e. The van der Waals surface area contributed by atoms with Gasteiger partial charge in [-0.15, -0.1) is 13.2 Å². The van der Waals surface area contributed by atoms with Crippen molar-refractivity contribution in [3.05, 3.63) is 87.8 Å². The smallest absolute Gasteiger partial charge is 0.505 e. The molecule has 0 spiro atoms. The molecule has 0 unspecified atom stereocenters. The van der Waals surface area contributed by atoms with Crippen molar-refractivity contribution in [1.82, 2.24) is 9.88 Å². The van der Waals surface area contributed by atoms with Gasteiger partial charge in [0, 0.05) is 6.20 Å². The highest BCUT2D eigenvalue weighted by Gasteiger charge is 2.31. The molecule has 0 radical (unpaired) electrons. The van der Waals surface area contributed by atoms with E-state index in [0.717, 1.165) is 28.3 Å². The van der Waals surface area contributed by atoms with Crippen molar-refractivity contribution < 1.29 is 37.7 Å². The number of carboxylic acids is 1. The van der Waals surface area contributed by atoms with Crippen LogP contribution in [-0.4, -0.2) is 33.1 Å². The minimum Gasteiger partial charge on any atom is -0.505 e. The molecule has 3 aromatic rings. The van der Waals surface area contributed by atoms with Crippen molar-refractivity contribution in [2.75, 3.05) is 5.32 Å². The number of carbonyl (C=O) groups excluding carboxylic acids is 1. The van der Waals surface area contributed by atoms with Crippen LogP contribution in [0.1, 0.15) is 29.2 Å². The first-order chi connectivity index (χ1) is 16.9. The van der Waals surface area contributed by atoms with Crippen LogP contribution in [0.4, 0.5) is 23.7 Å². The van der Waals surface area contributed by atoms with Crippen molar-refractivity contribution in [3.8, 4) is 11.5 Å². The van der Waals surface area contributed by atoms with E-state index in [-0.39, 0.29) is 6.54 Å². The van der Waals surface area contributed by atoms with Crippen LogP contribution in [0, 0.1) is 6.92 Å². The number of anilines is 1. The van der Waals surface area contributed by atoms with Gasteiger partial charge in [0.25, 0.3) is 5.56 Å². The third-order valence-corrected chi connectivity index (χ3v) is 5.06. The SMILES string of the molecule is Cc1ccc([C@H](CC(=O)O)NC(=O)Nc2c(O)ccn(Cc3ccc(OC(F)(F)F)cc3)c2=O)cc1. The molecule has 1 heterocycles. The van der Waals surface area contributed by atoms with Crippen LogP contribution in [-0.2, 0) is 11.3 Å². The van der Waals surface area contributed by atoms with Crippen LogP contribution in [0.25, 0.3) is 0 Å². The maximum absolute atomic E-state index is 12.8. The standard InChI is InChI=1S/C24H22F3N3O6/c1-14-2-6-16(7-3-14)18(12-20(32)33)28-23(35)29-21-19(31)10-11-30(22(21)34)13-15-4-8-17(9-5-15)36-24(25,26)27/h2-11,18,31H,12-13H2,1H3,(H,32,33)(H2,28,29,35)/t18-/m0/s1. The van der Waals surface area contributed by atoms with Crippen molar-refractivity contribution in [1.29, 1.82) is 0 Å². The van der Waals surface area contributed by atoms with Gasteiger partial charge in [-0.3, -0.25) is 9.59 Å². The summed E-state index contributed by atoms with van der Waals surface area (Å²) in [5.74, 6) is -2.10. The summed E-state index contributed by atoms with van der Waals surface area (Å²) in [6, 6.07) is 11.0. The van der Waals surface area contributed by atoms with E-state index in [1.54, 1.807) is 24.3 Å². The number of halogens is 3. The Labute approximate surface area is 202 Å². The predicted octanol–water partition coefficient (Wildman–Crippen LogP) is 4.15. The number of ether oxygens (including phenoxy) is 1. The lowest BCUT2D eigenvalue weighted by Crippen LogP contribution is -2.36. The number of amides is 2. The first-order valence-corrected chi connectivity index (χ1v) is 10.5. The first-order valence-electron chi connectivity index (χ1n) is 10.5. The van der Waals surface area contributed by atoms with Crippen LogP contribution in [0.15, 0.2) is 65.6 Å². The van der Waals surface area contributed by atoms with Crippen LogP contribution in [0.5, 0.6) is 11.5 Å². The number of alkyl halides is 3. The molecule has 36 heavy (non-hydrogen) atoms. The van der Waals surface area contributed by atoms with Gasteiger partial charge in [0.1, 0.15) is 11.5 Å². The number of pyridine rings is 1. The summed E-state index contributed by atoms with van der Waals surface area (Å²) in [7, 11) is 0. The number of hydrogen-bond acceptors (Lipinski definition) is 5. The average Bonchev–Trinajstić information content (AvgIpc) is 2.78. The average molecular weight is 505 g/mol. The zero-order valence-corrected chi connectivity index (χ0v) is 18.9. The number of carboxylic acid groups (broad SMARTS) is 1. The van der Waals surface area contributed by atoms with Gasteiger partial charge in [0.05, 0.1) is 19.0 Å². The van der Waals surface area contributed by atoms with Crippen LogP contribution in [0.3, 0.4) is 0 Å². The number of benzene rings is 2. The van der Waals surface area contributed by atoms with Crippen LogP contribution in [0.2, 0.25) is 0 Å². The van der Waals surface area contributed by atoms with Gasteiger partial charge >= 0.3 is 18.4 Å². The number of carbonyl (C=O) groups is 2. The Morgan fingerprint density at radius 2 is 1.69 bits per heavy atom. The van der Waals surface area contributed by atoms with Gasteiger partial charge in [-0.1, -0.05) is 42.0 Å². The normalized spacial score (nSPS) is 12.0. The highest BCUT2D eigenvalue weighted by molar-refractivity contribution is 5.91. The van der Waals surface area contributed by atoms with Crippen molar-refractivity contribution in [2.24, 2.45) is 0 Å². The van der Waals surface area contributed by atoms with Gasteiger partial charge in [-0.2, -0.15) is 0 Å². The lowest BCUT2D eigenvalue weighted by molar-refractivity contribution is -0.274. The molecule has 0 saturated heterocycles. The van der Waals surface area contributed by atoms with E-state index in [4.69, 9.17) is 0 Å². The second-order valence-electron chi connectivity index (χ2n) is 7.86. The minimum absolute atomic E-state index is 0.0767. The molecular formula is C24H22F3N3O6. The molecule has 0 fully saturated rings. The van der Waals surface area contributed by atoms with Crippen molar-refractivity contribution in [3.63, 3.8) is 0 Å². The molecule has 2 amide bonds. The molecule has 1 atom stereocenters. The number of aryl methyl sites for hydroxylation is 1. The minimum atomic E-state index is -4.83. The van der Waals surface area contributed by atoms with E-state index in [0.29, 0.717) is 11.1 Å². The van der Waals surface area contributed by atoms with E-state index in [9.17, 15) is 37.8 Å². The van der Waals surface area contributed by atoms with E-state index in [2.05, 4.69) is 15.4 Å². The molecular weight excluding hydrogens is 483 g/mol. The fourth-order valence-corrected chi connectivity index (χ4v) is 3.33. The third-order valence-electron chi connectivity index (χ3n) is 5.06. The Bertz CT molecular complexity index is 1290. The first kappa shape index (κ1) is 26.1. The third kappa shape index (κ3) is 7.26. The fourth-order valence-electron chi connectivity index (χ4n) is 3.33. The van der Waals surface area contributed by atoms with Crippen molar-refractivity contribution >= 4 is 17.7 Å². The number of urea groups is 1. The van der Waals surface area contributed by atoms with E-state index in [1.807, 2.05) is 6.92 Å². The largest absolute Gasteiger partial charge is 0.573 e. The molecule has 0 aliphatic heterocycles. The maximum atomic E-state index is 12.8.